The summed E-state index contributed by atoms with van der Waals surface area (Å²) in [6.07, 6.45) is -0.145. The highest BCUT2D eigenvalue weighted by Crippen LogP contribution is 2.08. The summed E-state index contributed by atoms with van der Waals surface area (Å²) in [6.45, 7) is 8.59. The molecule has 6 heteroatoms. The third kappa shape index (κ3) is 5.16. The summed E-state index contributed by atoms with van der Waals surface area (Å²) < 4.78 is 5.41. The fourth-order valence-corrected chi connectivity index (χ4v) is 2.11. The third-order valence-corrected chi connectivity index (χ3v) is 3.21. The van der Waals surface area contributed by atoms with Gasteiger partial charge >= 0.3 is 5.97 Å². The van der Waals surface area contributed by atoms with Gasteiger partial charge < -0.3 is 15.2 Å². The maximum absolute atomic E-state index is 12.0. The van der Waals surface area contributed by atoms with Crippen molar-refractivity contribution < 1.29 is 19.4 Å². The van der Waals surface area contributed by atoms with Gasteiger partial charge in [-0.1, -0.05) is 20.8 Å². The molecule has 1 aliphatic rings. The van der Waals surface area contributed by atoms with Gasteiger partial charge in [-0.05, 0) is 18.9 Å². The van der Waals surface area contributed by atoms with Crippen molar-refractivity contribution in [2.75, 3.05) is 26.2 Å². The van der Waals surface area contributed by atoms with Crippen LogP contribution in [0.5, 0.6) is 0 Å². The van der Waals surface area contributed by atoms with Crippen LogP contribution in [0.1, 0.15) is 27.2 Å². The van der Waals surface area contributed by atoms with E-state index in [0.717, 1.165) is 13.1 Å². The van der Waals surface area contributed by atoms with Crippen molar-refractivity contribution in [2.45, 2.75) is 39.3 Å². The Hall–Kier alpha value is -1.14. The highest BCUT2D eigenvalue weighted by Gasteiger charge is 2.29. The lowest BCUT2D eigenvalue weighted by atomic mass is 10.0. The summed E-state index contributed by atoms with van der Waals surface area (Å²) in [6, 6.07) is -0.840. The van der Waals surface area contributed by atoms with Crippen LogP contribution in [0.15, 0.2) is 0 Å². The zero-order valence-corrected chi connectivity index (χ0v) is 11.9. The van der Waals surface area contributed by atoms with Crippen LogP contribution in [0.2, 0.25) is 0 Å². The zero-order chi connectivity index (χ0) is 14.4. The first-order chi connectivity index (χ1) is 8.93. The van der Waals surface area contributed by atoms with Crippen molar-refractivity contribution in [3.8, 4) is 0 Å². The first-order valence-electron chi connectivity index (χ1n) is 6.81. The summed E-state index contributed by atoms with van der Waals surface area (Å²) in [4.78, 5) is 25.3. The lowest BCUT2D eigenvalue weighted by Crippen LogP contribution is -2.53. The van der Waals surface area contributed by atoms with E-state index in [0.29, 0.717) is 19.6 Å². The number of carbonyl (C=O) groups is 2. The van der Waals surface area contributed by atoms with Crippen LogP contribution >= 0.6 is 0 Å². The van der Waals surface area contributed by atoms with Gasteiger partial charge in [-0.2, -0.15) is 0 Å². The summed E-state index contributed by atoms with van der Waals surface area (Å²) >= 11 is 0. The van der Waals surface area contributed by atoms with E-state index in [1.165, 1.54) is 0 Å². The van der Waals surface area contributed by atoms with Gasteiger partial charge in [-0.25, -0.2) is 4.79 Å². The van der Waals surface area contributed by atoms with Gasteiger partial charge in [0.1, 0.15) is 12.1 Å². The van der Waals surface area contributed by atoms with Gasteiger partial charge in [0.2, 0.25) is 0 Å². The molecule has 19 heavy (non-hydrogen) atoms. The Morgan fingerprint density at radius 2 is 2.16 bits per heavy atom. The van der Waals surface area contributed by atoms with Gasteiger partial charge in [0.15, 0.2) is 0 Å². The van der Waals surface area contributed by atoms with Gasteiger partial charge in [-0.3, -0.25) is 9.69 Å². The zero-order valence-electron chi connectivity index (χ0n) is 11.9. The number of carboxylic acids is 1. The van der Waals surface area contributed by atoms with Crippen LogP contribution in [-0.2, 0) is 14.3 Å². The Kier molecular flexibility index (Phi) is 6.24. The second kappa shape index (κ2) is 7.45. The minimum absolute atomic E-state index is 0.209. The number of carbonyl (C=O) groups excluding carboxylic acids is 1. The Bertz CT molecular complexity index is 320. The molecular weight excluding hydrogens is 248 g/mol. The number of amides is 1. The molecule has 0 aromatic carbocycles. The van der Waals surface area contributed by atoms with Crippen molar-refractivity contribution in [1.82, 2.24) is 10.2 Å². The highest BCUT2D eigenvalue weighted by molar-refractivity contribution is 5.86. The molecular formula is C13H24N2O4. The van der Waals surface area contributed by atoms with Gasteiger partial charge in [-0.15, -0.1) is 0 Å². The van der Waals surface area contributed by atoms with E-state index in [1.807, 2.05) is 20.8 Å². The largest absolute Gasteiger partial charge is 0.480 e. The molecule has 1 aliphatic heterocycles. The Morgan fingerprint density at radius 3 is 2.68 bits per heavy atom. The predicted molar refractivity (Wildman–Crippen MR) is 70.9 cm³/mol. The highest BCUT2D eigenvalue weighted by atomic mass is 16.5. The number of rotatable bonds is 6. The van der Waals surface area contributed by atoms with Crippen LogP contribution in [0, 0.1) is 5.92 Å². The van der Waals surface area contributed by atoms with Gasteiger partial charge in [0, 0.05) is 13.1 Å². The van der Waals surface area contributed by atoms with E-state index in [9.17, 15) is 9.59 Å². The molecule has 1 fully saturated rings. The molecule has 1 unspecified atom stereocenters. The van der Waals surface area contributed by atoms with Crippen LogP contribution in [-0.4, -0.2) is 60.3 Å². The molecule has 2 atom stereocenters. The third-order valence-electron chi connectivity index (χ3n) is 3.21. The average Bonchev–Trinajstić information content (AvgIpc) is 2.37. The van der Waals surface area contributed by atoms with E-state index in [1.54, 1.807) is 0 Å². The lowest BCUT2D eigenvalue weighted by Gasteiger charge is -2.31. The van der Waals surface area contributed by atoms with Crippen molar-refractivity contribution in [2.24, 2.45) is 5.92 Å². The molecule has 2 N–H and O–H groups in total. The monoisotopic (exact) mass is 272 g/mol. The summed E-state index contributed by atoms with van der Waals surface area (Å²) in [5, 5.41) is 11.7. The predicted octanol–water partition coefficient (Wildman–Crippen LogP) is 0.323. The Labute approximate surface area is 114 Å². The normalized spacial score (nSPS) is 22.2. The fraction of sp³-hybridized carbons (Fsp3) is 0.846. The minimum Gasteiger partial charge on any atom is -0.480 e. The van der Waals surface area contributed by atoms with Crippen molar-refractivity contribution >= 4 is 11.9 Å². The molecule has 1 saturated heterocycles. The molecule has 0 saturated carbocycles. The summed E-state index contributed by atoms with van der Waals surface area (Å²) in [5.41, 5.74) is 0. The molecule has 1 amide bonds. The first-order valence-corrected chi connectivity index (χ1v) is 6.81. The molecule has 0 aliphatic carbocycles. The fourth-order valence-electron chi connectivity index (χ4n) is 2.11. The Balaban J connectivity index is 2.53. The second-order valence-corrected chi connectivity index (χ2v) is 5.28. The number of nitrogens with zero attached hydrogens (tertiary/aromatic N) is 1. The van der Waals surface area contributed by atoms with Gasteiger partial charge in [0.25, 0.3) is 5.91 Å². The number of nitrogens with one attached hydrogen (secondary N) is 1. The molecule has 1 heterocycles. The van der Waals surface area contributed by atoms with E-state index in [2.05, 4.69) is 10.2 Å². The van der Waals surface area contributed by atoms with Crippen molar-refractivity contribution in [1.29, 1.82) is 0 Å². The van der Waals surface area contributed by atoms with Crippen LogP contribution in [0.4, 0.5) is 0 Å². The SMILES string of the molecule is CCN1CCOC(C(=O)N[C@@H](CC(C)C)C(=O)O)C1. The van der Waals surface area contributed by atoms with Crippen molar-refractivity contribution in [3.05, 3.63) is 0 Å². The van der Waals surface area contributed by atoms with E-state index in [4.69, 9.17) is 9.84 Å². The number of aliphatic carboxylic acids is 1. The Morgan fingerprint density at radius 1 is 1.47 bits per heavy atom. The molecule has 1 rings (SSSR count). The molecule has 0 radical (unpaired) electrons. The van der Waals surface area contributed by atoms with Crippen LogP contribution in [0.25, 0.3) is 0 Å². The standard InChI is InChI=1S/C13H24N2O4/c1-4-15-5-6-19-11(8-15)12(16)14-10(13(17)18)7-9(2)3/h9-11H,4-8H2,1-3H3,(H,14,16)(H,17,18)/t10-,11?/m0/s1. The summed E-state index contributed by atoms with van der Waals surface area (Å²) in [7, 11) is 0. The maximum Gasteiger partial charge on any atom is 0.326 e. The number of likely N-dealkylation sites (N-methyl/N-ethyl adjacent to an activating group) is 1. The average molecular weight is 272 g/mol. The van der Waals surface area contributed by atoms with Crippen LogP contribution < -0.4 is 5.32 Å². The number of morpholine rings is 1. The molecule has 6 nitrogen and oxygen atoms in total. The van der Waals surface area contributed by atoms with E-state index >= 15 is 0 Å². The smallest absolute Gasteiger partial charge is 0.326 e. The van der Waals surface area contributed by atoms with Gasteiger partial charge in [0.05, 0.1) is 6.61 Å². The number of carboxylic acid groups (broad SMARTS) is 1. The summed E-state index contributed by atoms with van der Waals surface area (Å²) in [5.74, 6) is -1.11. The van der Waals surface area contributed by atoms with E-state index < -0.39 is 18.1 Å². The van der Waals surface area contributed by atoms with E-state index in [-0.39, 0.29) is 11.8 Å². The molecule has 0 aromatic rings. The topological polar surface area (TPSA) is 78.9 Å². The first kappa shape index (κ1) is 15.9. The molecule has 0 bridgehead atoms. The number of ether oxygens (including phenoxy) is 1. The molecule has 0 aromatic heterocycles. The number of hydrogen-bond donors (Lipinski definition) is 2. The van der Waals surface area contributed by atoms with Crippen LogP contribution in [0.3, 0.4) is 0 Å². The van der Waals surface area contributed by atoms with Crippen molar-refractivity contribution in [3.63, 3.8) is 0 Å². The second-order valence-electron chi connectivity index (χ2n) is 5.28. The maximum atomic E-state index is 12.0. The lowest BCUT2D eigenvalue weighted by molar-refractivity contribution is -0.147. The number of hydrogen-bond acceptors (Lipinski definition) is 4. The molecule has 0 spiro atoms. The quantitative estimate of drug-likeness (QED) is 0.728. The molecule has 110 valence electrons. The minimum atomic E-state index is -0.995.